The normalized spacial score (nSPS) is 14.5. The molecule has 0 saturated carbocycles. The van der Waals surface area contributed by atoms with Crippen LogP contribution in [0.5, 0.6) is 11.5 Å². The Morgan fingerprint density at radius 3 is 2.33 bits per heavy atom. The van der Waals surface area contributed by atoms with E-state index in [9.17, 15) is 18.4 Å². The number of alkyl halides is 3. The quantitative estimate of drug-likeness (QED) is 0.244. The van der Waals surface area contributed by atoms with Crippen LogP contribution in [0.3, 0.4) is 0 Å². The van der Waals surface area contributed by atoms with Crippen molar-refractivity contribution >= 4 is 5.69 Å². The van der Waals surface area contributed by atoms with Gasteiger partial charge in [-0.05, 0) is 68.5 Å². The fourth-order valence-corrected chi connectivity index (χ4v) is 5.50. The van der Waals surface area contributed by atoms with Gasteiger partial charge in [-0.2, -0.15) is 18.4 Å². The molecular formula is C32H36F3N3O2. The van der Waals surface area contributed by atoms with E-state index in [0.717, 1.165) is 48.3 Å². The molecule has 3 aromatic carbocycles. The highest BCUT2D eigenvalue weighted by molar-refractivity contribution is 5.68. The predicted octanol–water partition coefficient (Wildman–Crippen LogP) is 6.95. The van der Waals surface area contributed by atoms with Crippen molar-refractivity contribution < 1.29 is 22.6 Å². The zero-order valence-electron chi connectivity index (χ0n) is 23.2. The molecule has 2 atom stereocenters. The van der Waals surface area contributed by atoms with Crippen LogP contribution in [0.25, 0.3) is 0 Å². The summed E-state index contributed by atoms with van der Waals surface area (Å²) in [6.07, 6.45) is -2.74. The van der Waals surface area contributed by atoms with Crippen molar-refractivity contribution in [1.82, 2.24) is 4.90 Å². The first-order valence-electron chi connectivity index (χ1n) is 13.7. The smallest absolute Gasteiger partial charge is 0.422 e. The minimum Gasteiger partial charge on any atom is -0.488 e. The van der Waals surface area contributed by atoms with Crippen LogP contribution in [0.4, 0.5) is 18.9 Å². The summed E-state index contributed by atoms with van der Waals surface area (Å²) >= 11 is 0. The van der Waals surface area contributed by atoms with Crippen molar-refractivity contribution in [3.05, 3.63) is 89.0 Å². The average molecular weight is 552 g/mol. The molecule has 3 aromatic rings. The van der Waals surface area contributed by atoms with Crippen LogP contribution in [-0.4, -0.2) is 50.0 Å². The highest BCUT2D eigenvalue weighted by atomic mass is 19.4. The second-order valence-corrected chi connectivity index (χ2v) is 10.2. The lowest BCUT2D eigenvalue weighted by Crippen LogP contribution is -2.39. The monoisotopic (exact) mass is 551 g/mol. The highest BCUT2D eigenvalue weighted by Gasteiger charge is 2.29. The van der Waals surface area contributed by atoms with E-state index in [0.29, 0.717) is 6.54 Å². The SMILES string of the molecule is CCN1CCc2cc(C[C@@H](C)N(CCOc3ccccc3OCC(F)(F)F)C(C)c3ccccc3)cc(C#N)c21. The third-order valence-electron chi connectivity index (χ3n) is 7.44. The van der Waals surface area contributed by atoms with Crippen LogP contribution in [0.2, 0.25) is 0 Å². The molecule has 5 nitrogen and oxygen atoms in total. The highest BCUT2D eigenvalue weighted by Crippen LogP contribution is 2.34. The Labute approximate surface area is 234 Å². The van der Waals surface area contributed by atoms with Gasteiger partial charge >= 0.3 is 6.18 Å². The number of nitrogens with zero attached hydrogens (tertiary/aromatic N) is 3. The fraction of sp³-hybridized carbons (Fsp3) is 0.406. The summed E-state index contributed by atoms with van der Waals surface area (Å²) in [5.41, 5.74) is 5.30. The lowest BCUT2D eigenvalue weighted by atomic mass is 9.97. The maximum Gasteiger partial charge on any atom is 0.422 e. The van der Waals surface area contributed by atoms with E-state index in [-0.39, 0.29) is 30.2 Å². The third-order valence-corrected chi connectivity index (χ3v) is 7.44. The van der Waals surface area contributed by atoms with Gasteiger partial charge in [-0.3, -0.25) is 4.90 Å². The van der Waals surface area contributed by atoms with Crippen LogP contribution >= 0.6 is 0 Å². The molecule has 0 spiro atoms. The van der Waals surface area contributed by atoms with E-state index < -0.39 is 12.8 Å². The molecule has 0 bridgehead atoms. The Morgan fingerprint density at radius 1 is 1.00 bits per heavy atom. The second kappa shape index (κ2) is 13.1. The Balaban J connectivity index is 1.51. The number of anilines is 1. The summed E-state index contributed by atoms with van der Waals surface area (Å²) in [6.45, 7) is 7.68. The number of nitriles is 1. The Bertz CT molecular complexity index is 1310. The molecule has 1 heterocycles. The number of fused-ring (bicyclic) bond motifs is 1. The zero-order valence-corrected chi connectivity index (χ0v) is 23.2. The van der Waals surface area contributed by atoms with Gasteiger partial charge in [0.25, 0.3) is 0 Å². The number of rotatable bonds is 12. The van der Waals surface area contributed by atoms with E-state index in [1.165, 1.54) is 11.6 Å². The maximum absolute atomic E-state index is 12.7. The van der Waals surface area contributed by atoms with Crippen LogP contribution in [0.1, 0.15) is 49.1 Å². The van der Waals surface area contributed by atoms with Crippen molar-refractivity contribution in [2.75, 3.05) is 37.7 Å². The van der Waals surface area contributed by atoms with Crippen LogP contribution in [0, 0.1) is 11.3 Å². The van der Waals surface area contributed by atoms with Gasteiger partial charge in [-0.25, -0.2) is 0 Å². The van der Waals surface area contributed by atoms with Gasteiger partial charge in [0.15, 0.2) is 18.1 Å². The largest absolute Gasteiger partial charge is 0.488 e. The van der Waals surface area contributed by atoms with E-state index >= 15 is 0 Å². The predicted molar refractivity (Wildman–Crippen MR) is 151 cm³/mol. The van der Waals surface area contributed by atoms with Crippen LogP contribution in [-0.2, 0) is 12.8 Å². The van der Waals surface area contributed by atoms with E-state index in [1.807, 2.05) is 24.3 Å². The minimum absolute atomic E-state index is 0.0666. The molecule has 40 heavy (non-hydrogen) atoms. The van der Waals surface area contributed by atoms with Crippen molar-refractivity contribution in [3.63, 3.8) is 0 Å². The summed E-state index contributed by atoms with van der Waals surface area (Å²) in [5, 5.41) is 9.87. The maximum atomic E-state index is 12.7. The molecule has 1 aliphatic rings. The van der Waals surface area contributed by atoms with Gasteiger partial charge in [0.1, 0.15) is 12.7 Å². The molecule has 1 unspecified atom stereocenters. The standard InChI is InChI=1S/C32H36F3N3O2/c1-4-37-15-14-27-19-25(20-28(21-36)31(27)37)18-23(2)38(24(3)26-10-6-5-7-11-26)16-17-39-29-12-8-9-13-30(29)40-22-32(33,34)35/h5-13,19-20,23-24H,4,14-18,22H2,1-3H3/t23-,24?/m1/s1. The van der Waals surface area contributed by atoms with E-state index in [4.69, 9.17) is 9.47 Å². The number of hydrogen-bond donors (Lipinski definition) is 0. The lowest BCUT2D eigenvalue weighted by Gasteiger charge is -2.35. The minimum atomic E-state index is -4.43. The summed E-state index contributed by atoms with van der Waals surface area (Å²) in [5.74, 6) is 0.350. The molecule has 8 heteroatoms. The zero-order chi connectivity index (χ0) is 28.7. The topological polar surface area (TPSA) is 48.7 Å². The summed E-state index contributed by atoms with van der Waals surface area (Å²) < 4.78 is 49.1. The molecular weight excluding hydrogens is 515 g/mol. The molecule has 1 aliphatic heterocycles. The Morgan fingerprint density at radius 2 is 1.68 bits per heavy atom. The number of hydrogen-bond acceptors (Lipinski definition) is 5. The van der Waals surface area contributed by atoms with Crippen LogP contribution < -0.4 is 14.4 Å². The third kappa shape index (κ3) is 7.28. The molecule has 0 aromatic heterocycles. The number of benzene rings is 3. The van der Waals surface area contributed by atoms with Gasteiger partial charge in [-0.15, -0.1) is 0 Å². The van der Waals surface area contributed by atoms with Crippen LogP contribution in [0.15, 0.2) is 66.7 Å². The molecule has 0 fully saturated rings. The van der Waals surface area contributed by atoms with Gasteiger partial charge in [-0.1, -0.05) is 48.5 Å². The molecule has 0 saturated heterocycles. The van der Waals surface area contributed by atoms with Crippen molar-refractivity contribution in [1.29, 1.82) is 5.26 Å². The first-order valence-corrected chi connectivity index (χ1v) is 13.7. The average Bonchev–Trinajstić information content (AvgIpc) is 3.37. The molecule has 212 valence electrons. The first-order chi connectivity index (χ1) is 19.2. The van der Waals surface area contributed by atoms with Gasteiger partial charge in [0.05, 0.1) is 11.3 Å². The first kappa shape index (κ1) is 29.3. The lowest BCUT2D eigenvalue weighted by molar-refractivity contribution is -0.153. The summed E-state index contributed by atoms with van der Waals surface area (Å²) in [4.78, 5) is 4.60. The van der Waals surface area contributed by atoms with Gasteiger partial charge in [0, 0.05) is 31.7 Å². The van der Waals surface area contributed by atoms with Crippen molar-refractivity contribution in [2.45, 2.75) is 51.9 Å². The Hall–Kier alpha value is -3.70. The number of ether oxygens (including phenoxy) is 2. The number of para-hydroxylation sites is 2. The summed E-state index contributed by atoms with van der Waals surface area (Å²) in [7, 11) is 0. The van der Waals surface area contributed by atoms with E-state index in [1.54, 1.807) is 18.2 Å². The van der Waals surface area contributed by atoms with Crippen molar-refractivity contribution in [3.8, 4) is 17.6 Å². The second-order valence-electron chi connectivity index (χ2n) is 10.2. The summed E-state index contributed by atoms with van der Waals surface area (Å²) in [6, 6.07) is 23.4. The molecule has 0 N–H and O–H groups in total. The van der Waals surface area contributed by atoms with Crippen molar-refractivity contribution in [2.24, 2.45) is 0 Å². The Kier molecular flexibility index (Phi) is 9.59. The van der Waals surface area contributed by atoms with Gasteiger partial charge < -0.3 is 14.4 Å². The molecule has 0 aliphatic carbocycles. The number of likely N-dealkylation sites (N-methyl/N-ethyl adjacent to an activating group) is 1. The fourth-order valence-electron chi connectivity index (χ4n) is 5.50. The van der Waals surface area contributed by atoms with E-state index in [2.05, 4.69) is 54.8 Å². The molecule has 0 amide bonds. The molecule has 0 radical (unpaired) electrons. The van der Waals surface area contributed by atoms with Gasteiger partial charge in [0.2, 0.25) is 0 Å². The number of halogens is 3. The molecule has 4 rings (SSSR count).